The van der Waals surface area contributed by atoms with Gasteiger partial charge in [-0.3, -0.25) is 29.4 Å². The number of nitrogens with zero attached hydrogens (tertiary/aromatic N) is 2. The van der Waals surface area contributed by atoms with Crippen LogP contribution in [0.15, 0.2) is 54.6 Å². The SMILES string of the molecule is C=CCCCCN(C)C(=O)[C@@H]1C[C@H](OC(=O)Nc2ccccc2C2=NCCS2)C[C@H]1C(=O)N[C@]1(C(=O)NS(=O)(=O)C2CC2)C[C@H]1C=C. The van der Waals surface area contributed by atoms with E-state index in [1.54, 1.807) is 35.8 Å². The van der Waals surface area contributed by atoms with Crippen molar-refractivity contribution in [3.8, 4) is 0 Å². The fraction of sp³-hybridized carbons (Fsp3) is 0.545. The molecule has 3 fully saturated rings. The fourth-order valence-corrected chi connectivity index (χ4v) is 8.53. The van der Waals surface area contributed by atoms with Crippen molar-refractivity contribution in [2.45, 2.75) is 68.3 Å². The molecule has 3 saturated carbocycles. The monoisotopic (exact) mass is 685 g/mol. The molecular weight excluding hydrogens is 643 g/mol. The molecule has 1 heterocycles. The van der Waals surface area contributed by atoms with Crippen LogP contribution in [-0.4, -0.2) is 85.0 Å². The Morgan fingerprint density at radius 2 is 1.87 bits per heavy atom. The van der Waals surface area contributed by atoms with Crippen LogP contribution in [0.1, 0.15) is 56.9 Å². The molecule has 254 valence electrons. The molecule has 0 saturated heterocycles. The van der Waals surface area contributed by atoms with Gasteiger partial charge in [0.15, 0.2) is 0 Å². The highest BCUT2D eigenvalue weighted by Gasteiger charge is 2.62. The molecule has 4 aliphatic rings. The van der Waals surface area contributed by atoms with Crippen molar-refractivity contribution >= 4 is 56.3 Å². The van der Waals surface area contributed by atoms with Crippen molar-refractivity contribution in [2.75, 3.05) is 31.2 Å². The first-order valence-electron chi connectivity index (χ1n) is 16.1. The molecule has 4 amide bonds. The van der Waals surface area contributed by atoms with Gasteiger partial charge in [0.25, 0.3) is 5.91 Å². The van der Waals surface area contributed by atoms with E-state index in [2.05, 4.69) is 33.5 Å². The molecule has 0 radical (unpaired) electrons. The van der Waals surface area contributed by atoms with Gasteiger partial charge >= 0.3 is 6.09 Å². The Morgan fingerprint density at radius 1 is 1.13 bits per heavy atom. The van der Waals surface area contributed by atoms with E-state index in [9.17, 15) is 27.6 Å². The predicted molar refractivity (Wildman–Crippen MR) is 181 cm³/mol. The molecule has 1 aromatic carbocycles. The Balaban J connectivity index is 1.30. The van der Waals surface area contributed by atoms with E-state index < -0.39 is 62.6 Å². The van der Waals surface area contributed by atoms with Gasteiger partial charge in [0, 0.05) is 37.4 Å². The zero-order valence-electron chi connectivity index (χ0n) is 26.6. The number of carbonyl (C=O) groups is 4. The zero-order chi connectivity index (χ0) is 33.8. The Hall–Kier alpha value is -3.65. The van der Waals surface area contributed by atoms with Gasteiger partial charge in [0.2, 0.25) is 21.8 Å². The topological polar surface area (TPSA) is 163 Å². The smallest absolute Gasteiger partial charge is 0.411 e. The van der Waals surface area contributed by atoms with Gasteiger partial charge in [-0.2, -0.15) is 0 Å². The molecule has 14 heteroatoms. The minimum atomic E-state index is -3.85. The molecule has 12 nitrogen and oxygen atoms in total. The maximum Gasteiger partial charge on any atom is 0.411 e. The van der Waals surface area contributed by atoms with E-state index in [4.69, 9.17) is 4.74 Å². The number of nitrogens with one attached hydrogen (secondary N) is 3. The highest BCUT2D eigenvalue weighted by Crippen LogP contribution is 2.46. The summed E-state index contributed by atoms with van der Waals surface area (Å²) in [4.78, 5) is 60.1. The molecule has 1 aromatic rings. The highest BCUT2D eigenvalue weighted by molar-refractivity contribution is 8.14. The summed E-state index contributed by atoms with van der Waals surface area (Å²) in [5.74, 6) is -2.97. The molecule has 1 aliphatic heterocycles. The van der Waals surface area contributed by atoms with Crippen molar-refractivity contribution in [1.29, 1.82) is 0 Å². The maximum absolute atomic E-state index is 13.9. The van der Waals surface area contributed by atoms with E-state index in [1.165, 1.54) is 6.08 Å². The summed E-state index contributed by atoms with van der Waals surface area (Å²) in [6.45, 7) is 8.66. The molecule has 0 unspecified atom stereocenters. The van der Waals surface area contributed by atoms with Crippen LogP contribution in [0.5, 0.6) is 0 Å². The number of para-hydroxylation sites is 1. The number of carbonyl (C=O) groups excluding carboxylic acids is 4. The standard InChI is InChI=1S/C33H43N5O7S2/c1-4-6-7-10-16-38(3)30(40)26-19-22(45-32(42)35-27-12-9-8-11-24(27)29-34-15-17-46-29)18-25(26)28(39)36-33(20-21(33)5-2)31(41)37-47(43,44)23-13-14-23/h4-5,8-9,11-12,21-23,25-26H,1-2,6-7,10,13-20H2,3H3,(H,35,42)(H,36,39)(H,37,41)/t21-,22-,25-,26-,33-/m1/s1. The van der Waals surface area contributed by atoms with Gasteiger partial charge in [-0.15, -0.1) is 24.9 Å². The number of thioether (sulfide) groups is 1. The first-order valence-corrected chi connectivity index (χ1v) is 18.6. The normalized spacial score (nSPS) is 26.4. The number of anilines is 1. The van der Waals surface area contributed by atoms with Crippen LogP contribution < -0.4 is 15.4 Å². The third-order valence-corrected chi connectivity index (χ3v) is 12.0. The molecule has 3 N–H and O–H groups in total. The highest BCUT2D eigenvalue weighted by atomic mass is 32.2. The minimum absolute atomic E-state index is 0.0565. The van der Waals surface area contributed by atoms with Crippen molar-refractivity contribution in [2.24, 2.45) is 22.7 Å². The number of ether oxygens (including phenoxy) is 1. The fourth-order valence-electron chi connectivity index (χ4n) is 6.28. The Morgan fingerprint density at radius 3 is 2.53 bits per heavy atom. The van der Waals surface area contributed by atoms with Crippen LogP contribution in [0.25, 0.3) is 0 Å². The largest absolute Gasteiger partial charge is 0.446 e. The molecule has 5 atom stereocenters. The summed E-state index contributed by atoms with van der Waals surface area (Å²) in [6, 6.07) is 7.29. The number of hydrogen-bond acceptors (Lipinski definition) is 9. The van der Waals surface area contributed by atoms with Crippen LogP contribution >= 0.6 is 11.8 Å². The van der Waals surface area contributed by atoms with Gasteiger partial charge in [0.1, 0.15) is 11.6 Å². The molecule has 0 spiro atoms. The van der Waals surface area contributed by atoms with Gasteiger partial charge in [-0.1, -0.05) is 30.4 Å². The lowest BCUT2D eigenvalue weighted by Gasteiger charge is -2.26. The Bertz CT molecular complexity index is 1560. The van der Waals surface area contributed by atoms with Crippen molar-refractivity contribution in [3.63, 3.8) is 0 Å². The first kappa shape index (κ1) is 34.7. The van der Waals surface area contributed by atoms with E-state index in [0.717, 1.165) is 35.6 Å². The number of aliphatic imine (C=N–C) groups is 1. The van der Waals surface area contributed by atoms with Gasteiger partial charge in [-0.05, 0) is 57.4 Å². The van der Waals surface area contributed by atoms with E-state index >= 15 is 0 Å². The summed E-state index contributed by atoms with van der Waals surface area (Å²) >= 11 is 1.61. The van der Waals surface area contributed by atoms with Crippen LogP contribution in [0, 0.1) is 17.8 Å². The average Bonchev–Trinajstić information content (AvgIpc) is 3.92. The van der Waals surface area contributed by atoms with Crippen molar-refractivity contribution in [1.82, 2.24) is 14.9 Å². The molecule has 47 heavy (non-hydrogen) atoms. The van der Waals surface area contributed by atoms with Gasteiger partial charge < -0.3 is 15.0 Å². The number of unbranched alkanes of at least 4 members (excludes halogenated alkanes) is 2. The second-order valence-electron chi connectivity index (χ2n) is 12.6. The van der Waals surface area contributed by atoms with E-state index in [1.807, 2.05) is 18.2 Å². The summed E-state index contributed by atoms with van der Waals surface area (Å²) in [6.07, 6.45) is 5.62. The number of rotatable bonds is 15. The number of benzene rings is 1. The lowest BCUT2D eigenvalue weighted by molar-refractivity contribution is -0.140. The maximum atomic E-state index is 13.9. The van der Waals surface area contributed by atoms with Crippen molar-refractivity contribution < 1.29 is 32.3 Å². The Kier molecular flexibility index (Phi) is 10.8. The van der Waals surface area contributed by atoms with E-state index in [0.29, 0.717) is 31.6 Å². The minimum Gasteiger partial charge on any atom is -0.446 e. The third-order valence-electron chi connectivity index (χ3n) is 9.20. The molecule has 0 aromatic heterocycles. The summed E-state index contributed by atoms with van der Waals surface area (Å²) < 4.78 is 33.0. The zero-order valence-corrected chi connectivity index (χ0v) is 28.2. The molecule has 3 aliphatic carbocycles. The van der Waals surface area contributed by atoms with Crippen LogP contribution in [0.4, 0.5) is 10.5 Å². The van der Waals surface area contributed by atoms with E-state index in [-0.39, 0.29) is 25.2 Å². The first-order chi connectivity index (χ1) is 22.5. The summed E-state index contributed by atoms with van der Waals surface area (Å²) in [5.41, 5.74) is -0.148. The molecular formula is C33H43N5O7S2. The summed E-state index contributed by atoms with van der Waals surface area (Å²) in [5, 5.41) is 5.81. The van der Waals surface area contributed by atoms with Gasteiger partial charge in [0.05, 0.1) is 27.8 Å². The predicted octanol–water partition coefficient (Wildman–Crippen LogP) is 3.61. The van der Waals surface area contributed by atoms with Crippen LogP contribution in [0.3, 0.4) is 0 Å². The summed E-state index contributed by atoms with van der Waals surface area (Å²) in [7, 11) is -2.17. The second-order valence-corrected chi connectivity index (χ2v) is 15.7. The molecule has 0 bridgehead atoms. The number of allylic oxidation sites excluding steroid dienone is 1. The third kappa shape index (κ3) is 8.08. The number of amides is 4. The average molecular weight is 686 g/mol. The molecule has 5 rings (SSSR count). The van der Waals surface area contributed by atoms with Crippen LogP contribution in [0.2, 0.25) is 0 Å². The lowest BCUT2D eigenvalue weighted by atomic mass is 9.93. The number of sulfonamides is 1. The lowest BCUT2D eigenvalue weighted by Crippen LogP contribution is -2.54. The van der Waals surface area contributed by atoms with Crippen molar-refractivity contribution in [3.05, 3.63) is 55.1 Å². The van der Waals surface area contributed by atoms with Crippen LogP contribution in [-0.2, 0) is 29.1 Å². The quantitative estimate of drug-likeness (QED) is 0.186. The Labute approximate surface area is 280 Å². The van der Waals surface area contributed by atoms with Gasteiger partial charge in [-0.25, -0.2) is 13.2 Å². The second kappa shape index (κ2) is 14.6. The number of hydrogen-bond donors (Lipinski definition) is 3.